The summed E-state index contributed by atoms with van der Waals surface area (Å²) in [6.45, 7) is 25.2. The van der Waals surface area contributed by atoms with E-state index in [1.807, 2.05) is 47.0 Å². The first-order valence-corrected chi connectivity index (χ1v) is 23.4. The summed E-state index contributed by atoms with van der Waals surface area (Å²) in [6.07, 6.45) is -3.07. The quantitative estimate of drug-likeness (QED) is 0.0552. The molecule has 0 saturated carbocycles. The molecule has 0 aromatic heterocycles. The number of hydrogen-bond acceptors (Lipinski definition) is 9. The molecular formula is C32H55Br2N5O8Si2. The van der Waals surface area contributed by atoms with Crippen molar-refractivity contribution in [2.24, 2.45) is 5.11 Å². The van der Waals surface area contributed by atoms with Gasteiger partial charge in [0, 0.05) is 11.3 Å². The molecule has 0 saturated heterocycles. The fourth-order valence-electron chi connectivity index (χ4n) is 4.06. The van der Waals surface area contributed by atoms with Gasteiger partial charge in [0.15, 0.2) is 16.6 Å². The van der Waals surface area contributed by atoms with Gasteiger partial charge in [-0.05, 0) is 112 Å². The van der Waals surface area contributed by atoms with Crippen molar-refractivity contribution in [2.45, 2.75) is 135 Å². The van der Waals surface area contributed by atoms with E-state index >= 15 is 0 Å². The number of halogens is 2. The van der Waals surface area contributed by atoms with E-state index in [2.05, 4.69) is 73.3 Å². The molecule has 0 bridgehead atoms. The van der Waals surface area contributed by atoms with Crippen molar-refractivity contribution in [3.63, 3.8) is 0 Å². The van der Waals surface area contributed by atoms with Crippen LogP contribution in [0, 0.1) is 0 Å². The molecule has 278 valence electrons. The third-order valence-electron chi connectivity index (χ3n) is 8.78. The molecule has 0 fully saturated rings. The number of carbonyl (C=O) groups excluding carboxylic acids is 3. The van der Waals surface area contributed by atoms with Crippen LogP contribution in [0.4, 0.5) is 4.79 Å². The van der Waals surface area contributed by atoms with Crippen LogP contribution < -0.4 is 10.6 Å². The van der Waals surface area contributed by atoms with Crippen molar-refractivity contribution < 1.29 is 37.8 Å². The lowest BCUT2D eigenvalue weighted by atomic mass is 10.0. The van der Waals surface area contributed by atoms with E-state index in [1.165, 1.54) is 7.11 Å². The van der Waals surface area contributed by atoms with Gasteiger partial charge in [0.2, 0.25) is 5.91 Å². The van der Waals surface area contributed by atoms with Crippen LogP contribution in [0.5, 0.6) is 5.75 Å². The zero-order chi connectivity index (χ0) is 38.3. The zero-order valence-electron chi connectivity index (χ0n) is 31.3. The molecule has 0 aliphatic heterocycles. The van der Waals surface area contributed by atoms with Gasteiger partial charge in [0.25, 0.3) is 0 Å². The number of azide groups is 1. The first-order valence-electron chi connectivity index (χ1n) is 16.0. The van der Waals surface area contributed by atoms with E-state index in [-0.39, 0.29) is 28.8 Å². The van der Waals surface area contributed by atoms with Crippen LogP contribution in [-0.4, -0.2) is 83.3 Å². The maximum atomic E-state index is 14.5. The van der Waals surface area contributed by atoms with E-state index in [0.717, 1.165) is 0 Å². The monoisotopic (exact) mass is 851 g/mol. The van der Waals surface area contributed by atoms with Crippen molar-refractivity contribution >= 4 is 66.5 Å². The van der Waals surface area contributed by atoms with E-state index < -0.39 is 64.5 Å². The van der Waals surface area contributed by atoms with Crippen LogP contribution in [0.1, 0.15) is 67.9 Å². The summed E-state index contributed by atoms with van der Waals surface area (Å²) in [4.78, 5) is 44.0. The lowest BCUT2D eigenvalue weighted by molar-refractivity contribution is -0.145. The number of hydrogen-bond donors (Lipinski definition) is 3. The standard InChI is InChI=1S/C32H55Br2N5O8Si2/c1-30(2,3)45-29(43)38-24(27(41)37-22(28(42)44-10)17-19-15-20(33)25(40)21(34)16-19)26(47-49(13,14)32(7,8)9)23(18-36-39-35)46-48(11,12)31(4,5)6/h15-16,22-24,26,40H,17-18H2,1-14H3,(H,37,41)(H,38,43)/t22-,23+,24-,26+/m0/s1. The maximum Gasteiger partial charge on any atom is 0.408 e. The number of nitrogens with one attached hydrogen (secondary N) is 2. The van der Waals surface area contributed by atoms with Crippen LogP contribution in [0.3, 0.4) is 0 Å². The highest BCUT2D eigenvalue weighted by Crippen LogP contribution is 2.41. The highest BCUT2D eigenvalue weighted by Gasteiger charge is 2.49. The first kappa shape index (κ1) is 44.9. The number of nitrogens with zero attached hydrogens (tertiary/aromatic N) is 3. The zero-order valence-corrected chi connectivity index (χ0v) is 36.5. The normalized spacial score (nSPS) is 15.3. The minimum atomic E-state index is -2.74. The lowest BCUT2D eigenvalue weighted by Gasteiger charge is -2.46. The average molecular weight is 854 g/mol. The van der Waals surface area contributed by atoms with E-state index in [9.17, 15) is 25.0 Å². The molecule has 1 rings (SSSR count). The average Bonchev–Trinajstić information content (AvgIpc) is 2.92. The number of esters is 1. The topological polar surface area (TPSA) is 181 Å². The van der Waals surface area contributed by atoms with Gasteiger partial charge >= 0.3 is 12.1 Å². The third-order valence-corrected chi connectivity index (χ3v) is 19.0. The SMILES string of the molecule is COC(=O)[C@H](Cc1cc(Br)c(O)c(Br)c1)NC(=O)[C@@H](NC(=O)OC(C)(C)C)[C@H](O[Si](C)(C)C(C)(C)C)[C@@H](CN=[N+]=[N-])O[Si](C)(C)C(C)(C)C. The van der Waals surface area contributed by atoms with Gasteiger partial charge in [0.05, 0.1) is 34.8 Å². The number of methoxy groups -OCH3 is 1. The van der Waals surface area contributed by atoms with Gasteiger partial charge in [-0.25, -0.2) is 9.59 Å². The number of rotatable bonds is 14. The highest BCUT2D eigenvalue weighted by molar-refractivity contribution is 9.11. The largest absolute Gasteiger partial charge is 0.506 e. The number of benzene rings is 1. The van der Waals surface area contributed by atoms with E-state index in [1.54, 1.807) is 32.9 Å². The number of amides is 2. The summed E-state index contributed by atoms with van der Waals surface area (Å²) < 4.78 is 25.1. The van der Waals surface area contributed by atoms with Crippen LogP contribution in [0.2, 0.25) is 36.3 Å². The molecule has 2 amide bonds. The Hall–Kier alpha value is -2.15. The number of ether oxygens (including phenoxy) is 2. The minimum Gasteiger partial charge on any atom is -0.506 e. The van der Waals surface area contributed by atoms with Crippen molar-refractivity contribution in [1.29, 1.82) is 0 Å². The van der Waals surface area contributed by atoms with Gasteiger partial charge in [-0.1, -0.05) is 46.7 Å². The molecule has 1 aromatic rings. The van der Waals surface area contributed by atoms with E-state index in [0.29, 0.717) is 14.5 Å². The first-order chi connectivity index (χ1) is 22.1. The maximum absolute atomic E-state index is 14.5. The molecule has 3 N–H and O–H groups in total. The van der Waals surface area contributed by atoms with Crippen LogP contribution >= 0.6 is 31.9 Å². The molecule has 0 aliphatic carbocycles. The van der Waals surface area contributed by atoms with Gasteiger partial charge in [-0.15, -0.1) is 0 Å². The Kier molecular flexibility index (Phi) is 15.9. The molecule has 0 radical (unpaired) electrons. The molecule has 0 aliphatic rings. The molecule has 4 atom stereocenters. The van der Waals surface area contributed by atoms with Crippen molar-refractivity contribution in [1.82, 2.24) is 10.6 Å². The summed E-state index contributed by atoms with van der Waals surface area (Å²) in [7, 11) is -4.15. The second kappa shape index (κ2) is 17.4. The Morgan fingerprint density at radius 1 is 0.918 bits per heavy atom. The summed E-state index contributed by atoms with van der Waals surface area (Å²) in [5.41, 5.74) is 9.06. The fourth-order valence-corrected chi connectivity index (χ4v) is 7.98. The number of carbonyl (C=O) groups is 3. The summed E-state index contributed by atoms with van der Waals surface area (Å²) in [5.74, 6) is -1.54. The molecule has 49 heavy (non-hydrogen) atoms. The van der Waals surface area contributed by atoms with Gasteiger partial charge in [-0.2, -0.15) is 0 Å². The molecule has 17 heteroatoms. The lowest BCUT2D eigenvalue weighted by Crippen LogP contribution is -2.64. The summed E-state index contributed by atoms with van der Waals surface area (Å²) >= 11 is 6.60. The predicted octanol–water partition coefficient (Wildman–Crippen LogP) is 8.10. The molecule has 13 nitrogen and oxygen atoms in total. The molecule has 0 unspecified atom stereocenters. The van der Waals surface area contributed by atoms with Crippen molar-refractivity contribution in [3.05, 3.63) is 37.1 Å². The number of phenolic OH excluding ortho intramolecular Hbond substituents is 1. The number of alkyl carbamates (subject to hydrolysis) is 1. The molecule has 1 aromatic carbocycles. The summed E-state index contributed by atoms with van der Waals surface area (Å²) in [5, 5.41) is 18.9. The van der Waals surface area contributed by atoms with Crippen molar-refractivity contribution in [3.8, 4) is 5.75 Å². The second-order valence-corrected chi connectivity index (χ2v) is 27.2. The smallest absolute Gasteiger partial charge is 0.408 e. The van der Waals surface area contributed by atoms with Crippen molar-refractivity contribution in [2.75, 3.05) is 13.7 Å². The van der Waals surface area contributed by atoms with Gasteiger partial charge in [0.1, 0.15) is 23.4 Å². The Morgan fingerprint density at radius 2 is 1.41 bits per heavy atom. The fraction of sp³-hybridized carbons (Fsp3) is 0.719. The number of aromatic hydroxyl groups is 1. The van der Waals surface area contributed by atoms with Crippen LogP contribution in [0.25, 0.3) is 10.4 Å². The Balaban J connectivity index is 3.95. The van der Waals surface area contributed by atoms with E-state index in [4.69, 9.17) is 18.3 Å². The number of phenols is 1. The van der Waals surface area contributed by atoms with Crippen LogP contribution in [0.15, 0.2) is 26.2 Å². The molecule has 0 spiro atoms. The molecular weight excluding hydrogens is 798 g/mol. The minimum absolute atomic E-state index is 0.0224. The predicted molar refractivity (Wildman–Crippen MR) is 202 cm³/mol. The molecule has 0 heterocycles. The Bertz CT molecular complexity index is 1360. The van der Waals surface area contributed by atoms with Crippen LogP contribution in [-0.2, 0) is 34.3 Å². The Morgan fingerprint density at radius 3 is 1.84 bits per heavy atom. The van der Waals surface area contributed by atoms with Gasteiger partial charge in [-0.3, -0.25) is 4.79 Å². The van der Waals surface area contributed by atoms with Gasteiger partial charge < -0.3 is 34.1 Å². The second-order valence-electron chi connectivity index (χ2n) is 16.0. The third kappa shape index (κ3) is 13.5. The Labute approximate surface area is 310 Å². The highest BCUT2D eigenvalue weighted by atomic mass is 79.9. The summed E-state index contributed by atoms with van der Waals surface area (Å²) in [6, 6.07) is 0.544.